The normalized spacial score (nSPS) is 11.1. The van der Waals surface area contributed by atoms with E-state index in [4.69, 9.17) is 0 Å². The minimum atomic E-state index is -2.76. The summed E-state index contributed by atoms with van der Waals surface area (Å²) in [6.07, 6.45) is 11.6. The van der Waals surface area contributed by atoms with Crippen molar-refractivity contribution >= 4 is 0 Å². The summed E-state index contributed by atoms with van der Waals surface area (Å²) < 4.78 is 28.4. The average Bonchev–Trinajstić information content (AvgIpc) is 2.53. The largest absolute Gasteiger partial charge is 0.435 e. The first-order chi connectivity index (χ1) is 11.2. The number of nitrogens with one attached hydrogen (secondary N) is 1. The van der Waals surface area contributed by atoms with Gasteiger partial charge in [-0.05, 0) is 43.6 Å². The molecule has 1 aromatic rings. The molecule has 0 atom stereocenters. The van der Waals surface area contributed by atoms with Crippen LogP contribution in [0.25, 0.3) is 0 Å². The van der Waals surface area contributed by atoms with Gasteiger partial charge in [-0.1, -0.05) is 64.0 Å². The summed E-state index contributed by atoms with van der Waals surface area (Å²) in [5.74, 6) is 0.218. The predicted octanol–water partition coefficient (Wildman–Crippen LogP) is 5.56. The van der Waals surface area contributed by atoms with Crippen molar-refractivity contribution in [2.45, 2.75) is 71.3 Å². The molecule has 0 heterocycles. The molecular formula is C19H31F2NO. The van der Waals surface area contributed by atoms with E-state index < -0.39 is 6.61 Å². The molecule has 0 fully saturated rings. The van der Waals surface area contributed by atoms with Crippen LogP contribution >= 0.6 is 0 Å². The minimum Gasteiger partial charge on any atom is -0.435 e. The molecule has 0 spiro atoms. The Kier molecular flexibility index (Phi) is 11.5. The first kappa shape index (κ1) is 19.9. The topological polar surface area (TPSA) is 21.3 Å². The standard InChI is InChI=1S/C19H31F2NO/c1-2-3-4-5-6-7-8-9-15-22-16-14-17-10-12-18(13-11-17)23-19(20)21/h10-13,19,22H,2-9,14-16H2,1H3. The highest BCUT2D eigenvalue weighted by Crippen LogP contribution is 2.15. The van der Waals surface area contributed by atoms with E-state index >= 15 is 0 Å². The van der Waals surface area contributed by atoms with Gasteiger partial charge in [-0.15, -0.1) is 0 Å². The molecule has 0 bridgehead atoms. The molecule has 0 aliphatic rings. The van der Waals surface area contributed by atoms with Gasteiger partial charge in [-0.2, -0.15) is 8.78 Å². The molecule has 0 saturated heterocycles. The van der Waals surface area contributed by atoms with Gasteiger partial charge in [0.25, 0.3) is 0 Å². The van der Waals surface area contributed by atoms with Crippen LogP contribution in [0.3, 0.4) is 0 Å². The van der Waals surface area contributed by atoms with Gasteiger partial charge in [-0.25, -0.2) is 0 Å². The minimum absolute atomic E-state index is 0.218. The number of rotatable bonds is 14. The quantitative estimate of drug-likeness (QED) is 0.452. The summed E-state index contributed by atoms with van der Waals surface area (Å²) in [5.41, 5.74) is 1.13. The Balaban J connectivity index is 1.94. The monoisotopic (exact) mass is 327 g/mol. The number of benzene rings is 1. The maximum atomic E-state index is 12.0. The van der Waals surface area contributed by atoms with Crippen LogP contribution in [0.1, 0.15) is 63.9 Å². The van der Waals surface area contributed by atoms with Crippen LogP contribution in [0.4, 0.5) is 8.78 Å². The molecule has 0 aliphatic carbocycles. The van der Waals surface area contributed by atoms with Gasteiger partial charge >= 0.3 is 6.61 Å². The van der Waals surface area contributed by atoms with Gasteiger partial charge in [0.2, 0.25) is 0 Å². The third kappa shape index (κ3) is 11.1. The Morgan fingerprint density at radius 2 is 1.48 bits per heavy atom. The van der Waals surface area contributed by atoms with Crippen molar-refractivity contribution in [2.24, 2.45) is 0 Å². The molecule has 0 aromatic heterocycles. The van der Waals surface area contributed by atoms with Crippen molar-refractivity contribution in [3.8, 4) is 5.75 Å². The Labute approximate surface area is 139 Å². The summed E-state index contributed by atoms with van der Waals surface area (Å²) in [6.45, 7) is 1.47. The molecule has 0 aliphatic heterocycles. The summed E-state index contributed by atoms with van der Waals surface area (Å²) in [4.78, 5) is 0. The maximum absolute atomic E-state index is 12.0. The zero-order valence-electron chi connectivity index (χ0n) is 14.3. The van der Waals surface area contributed by atoms with Crippen molar-refractivity contribution < 1.29 is 13.5 Å². The van der Waals surface area contributed by atoms with Crippen molar-refractivity contribution in [3.63, 3.8) is 0 Å². The van der Waals surface area contributed by atoms with Gasteiger partial charge in [0.15, 0.2) is 0 Å². The second-order valence-corrected chi connectivity index (χ2v) is 6.00. The molecule has 0 amide bonds. The van der Waals surface area contributed by atoms with Crippen LogP contribution < -0.4 is 10.1 Å². The van der Waals surface area contributed by atoms with Gasteiger partial charge in [0, 0.05) is 0 Å². The van der Waals surface area contributed by atoms with Crippen LogP contribution in [0.2, 0.25) is 0 Å². The summed E-state index contributed by atoms with van der Waals surface area (Å²) in [7, 11) is 0. The van der Waals surface area contributed by atoms with Gasteiger partial charge in [0.05, 0.1) is 0 Å². The molecule has 0 radical (unpaired) electrons. The lowest BCUT2D eigenvalue weighted by atomic mass is 10.1. The van der Waals surface area contributed by atoms with Crippen LogP contribution in [-0.4, -0.2) is 19.7 Å². The maximum Gasteiger partial charge on any atom is 0.387 e. The smallest absolute Gasteiger partial charge is 0.387 e. The van der Waals surface area contributed by atoms with E-state index in [1.807, 2.05) is 12.1 Å². The number of halogens is 2. The summed E-state index contributed by atoms with van der Waals surface area (Å²) in [6, 6.07) is 6.88. The second-order valence-electron chi connectivity index (χ2n) is 6.00. The van der Waals surface area contributed by atoms with Crippen LogP contribution in [0.5, 0.6) is 5.75 Å². The van der Waals surface area contributed by atoms with Crippen molar-refractivity contribution in [2.75, 3.05) is 13.1 Å². The number of hydrogen-bond acceptors (Lipinski definition) is 2. The van der Waals surface area contributed by atoms with Crippen LogP contribution in [0, 0.1) is 0 Å². The molecule has 1 aromatic carbocycles. The summed E-state index contributed by atoms with van der Waals surface area (Å²) >= 11 is 0. The first-order valence-electron chi connectivity index (χ1n) is 8.97. The number of hydrogen-bond donors (Lipinski definition) is 1. The second kappa shape index (κ2) is 13.3. The number of alkyl halides is 2. The zero-order chi connectivity index (χ0) is 16.8. The fraction of sp³-hybridized carbons (Fsp3) is 0.684. The molecule has 0 unspecified atom stereocenters. The third-order valence-corrected chi connectivity index (χ3v) is 3.95. The van der Waals surface area contributed by atoms with Gasteiger partial charge < -0.3 is 10.1 Å². The van der Waals surface area contributed by atoms with E-state index in [1.54, 1.807) is 12.1 Å². The molecular weight excluding hydrogens is 296 g/mol. The third-order valence-electron chi connectivity index (χ3n) is 3.95. The van der Waals surface area contributed by atoms with Crippen molar-refractivity contribution in [1.29, 1.82) is 0 Å². The van der Waals surface area contributed by atoms with E-state index in [9.17, 15) is 8.78 Å². The van der Waals surface area contributed by atoms with E-state index in [1.165, 1.54) is 51.4 Å². The number of ether oxygens (including phenoxy) is 1. The Morgan fingerprint density at radius 3 is 2.09 bits per heavy atom. The predicted molar refractivity (Wildman–Crippen MR) is 92.3 cm³/mol. The highest BCUT2D eigenvalue weighted by atomic mass is 19.3. The average molecular weight is 327 g/mol. The van der Waals surface area contributed by atoms with Crippen molar-refractivity contribution in [3.05, 3.63) is 29.8 Å². The molecule has 23 heavy (non-hydrogen) atoms. The molecule has 132 valence electrons. The molecule has 0 saturated carbocycles. The molecule has 2 nitrogen and oxygen atoms in total. The van der Waals surface area contributed by atoms with E-state index in [0.717, 1.165) is 25.1 Å². The molecule has 1 N–H and O–H groups in total. The first-order valence-corrected chi connectivity index (χ1v) is 8.97. The SMILES string of the molecule is CCCCCCCCCCNCCc1ccc(OC(F)F)cc1. The lowest BCUT2D eigenvalue weighted by molar-refractivity contribution is -0.0498. The van der Waals surface area contributed by atoms with Crippen LogP contribution in [-0.2, 0) is 6.42 Å². The van der Waals surface area contributed by atoms with E-state index in [2.05, 4.69) is 17.0 Å². The van der Waals surface area contributed by atoms with Gasteiger partial charge in [-0.3, -0.25) is 0 Å². The van der Waals surface area contributed by atoms with Gasteiger partial charge in [0.1, 0.15) is 5.75 Å². The lowest BCUT2D eigenvalue weighted by Crippen LogP contribution is -2.18. The van der Waals surface area contributed by atoms with E-state index in [-0.39, 0.29) is 5.75 Å². The zero-order valence-corrected chi connectivity index (χ0v) is 14.3. The highest BCUT2D eigenvalue weighted by Gasteiger charge is 2.03. The fourth-order valence-electron chi connectivity index (χ4n) is 2.58. The molecule has 1 rings (SSSR count). The van der Waals surface area contributed by atoms with Crippen LogP contribution in [0.15, 0.2) is 24.3 Å². The summed E-state index contributed by atoms with van der Waals surface area (Å²) in [5, 5.41) is 3.44. The lowest BCUT2D eigenvalue weighted by Gasteiger charge is -2.07. The molecule has 4 heteroatoms. The Hall–Kier alpha value is -1.16. The number of unbranched alkanes of at least 4 members (excludes halogenated alkanes) is 7. The Morgan fingerprint density at radius 1 is 0.870 bits per heavy atom. The van der Waals surface area contributed by atoms with Crippen molar-refractivity contribution in [1.82, 2.24) is 5.32 Å². The van der Waals surface area contributed by atoms with E-state index in [0.29, 0.717) is 0 Å². The Bertz CT molecular complexity index is 381. The highest BCUT2D eigenvalue weighted by molar-refractivity contribution is 5.27. The fourth-order valence-corrected chi connectivity index (χ4v) is 2.58.